The Labute approximate surface area is 98.2 Å². The van der Waals surface area contributed by atoms with Gasteiger partial charge in [-0.05, 0) is 15.9 Å². The number of hydrogen-bond acceptors (Lipinski definition) is 1. The molecule has 0 aliphatic rings. The van der Waals surface area contributed by atoms with Gasteiger partial charge in [0.05, 0.1) is 10.2 Å². The number of hydrogen-bond donors (Lipinski definition) is 0. The van der Waals surface area contributed by atoms with Crippen molar-refractivity contribution in [2.24, 2.45) is 0 Å². The second kappa shape index (κ2) is 4.67. The lowest BCUT2D eigenvalue weighted by Gasteiger charge is -2.15. The van der Waals surface area contributed by atoms with Crippen LogP contribution in [0.1, 0.15) is 26.5 Å². The third-order valence-electron chi connectivity index (χ3n) is 1.55. The predicted octanol–water partition coefficient (Wildman–Crippen LogP) is 3.56. The monoisotopic (exact) mass is 286 g/mol. The van der Waals surface area contributed by atoms with Gasteiger partial charge < -0.3 is 0 Å². The average molecular weight is 288 g/mol. The molecule has 1 aromatic rings. The fourth-order valence-electron chi connectivity index (χ4n) is 0.967. The SMILES string of the molecule is CC(C)(C)c1nn(CCl)cc1Br.Cl. The molecule has 0 amide bonds. The smallest absolute Gasteiger partial charge is 0.115 e. The lowest BCUT2D eigenvalue weighted by molar-refractivity contribution is 0.549. The van der Waals surface area contributed by atoms with Crippen LogP contribution >= 0.6 is 39.9 Å². The molecule has 13 heavy (non-hydrogen) atoms. The predicted molar refractivity (Wildman–Crippen MR) is 61.7 cm³/mol. The Morgan fingerprint density at radius 1 is 1.54 bits per heavy atom. The molecule has 1 rings (SSSR count). The first-order valence-electron chi connectivity index (χ1n) is 3.74. The van der Waals surface area contributed by atoms with Crippen molar-refractivity contribution in [3.8, 4) is 0 Å². The van der Waals surface area contributed by atoms with Gasteiger partial charge in [-0.3, -0.25) is 4.68 Å². The third-order valence-corrected chi connectivity index (χ3v) is 2.38. The van der Waals surface area contributed by atoms with Gasteiger partial charge in [-0.1, -0.05) is 20.8 Å². The summed E-state index contributed by atoms with van der Waals surface area (Å²) in [4.78, 5) is 0. The number of halogens is 3. The Morgan fingerprint density at radius 2 is 2.08 bits per heavy atom. The van der Waals surface area contributed by atoms with Gasteiger partial charge in [0.25, 0.3) is 0 Å². The quantitative estimate of drug-likeness (QED) is 0.722. The van der Waals surface area contributed by atoms with Crippen LogP contribution in [0.25, 0.3) is 0 Å². The maximum Gasteiger partial charge on any atom is 0.115 e. The molecule has 0 aliphatic heterocycles. The summed E-state index contributed by atoms with van der Waals surface area (Å²) >= 11 is 9.09. The first-order chi connectivity index (χ1) is 5.45. The molecule has 1 aromatic heterocycles. The molecule has 0 aliphatic carbocycles. The largest absolute Gasteiger partial charge is 0.256 e. The molecule has 2 nitrogen and oxygen atoms in total. The van der Waals surface area contributed by atoms with Crippen LogP contribution in [0.15, 0.2) is 10.7 Å². The van der Waals surface area contributed by atoms with Crippen molar-refractivity contribution in [2.45, 2.75) is 32.2 Å². The Balaban J connectivity index is 0.00000144. The van der Waals surface area contributed by atoms with E-state index in [0.29, 0.717) is 6.00 Å². The highest BCUT2D eigenvalue weighted by Crippen LogP contribution is 2.27. The van der Waals surface area contributed by atoms with Crippen molar-refractivity contribution >= 4 is 39.9 Å². The molecule has 76 valence electrons. The molecule has 0 unspecified atom stereocenters. The van der Waals surface area contributed by atoms with Gasteiger partial charge in [-0.2, -0.15) is 5.10 Å². The van der Waals surface area contributed by atoms with Crippen molar-refractivity contribution in [3.05, 3.63) is 16.4 Å². The molecule has 5 heteroatoms. The van der Waals surface area contributed by atoms with Crippen molar-refractivity contribution < 1.29 is 0 Å². The first-order valence-corrected chi connectivity index (χ1v) is 5.07. The van der Waals surface area contributed by atoms with E-state index in [0.717, 1.165) is 10.2 Å². The third kappa shape index (κ3) is 3.15. The minimum atomic E-state index is 0. The molecule has 0 radical (unpaired) electrons. The summed E-state index contributed by atoms with van der Waals surface area (Å²) in [5.41, 5.74) is 1.11. The van der Waals surface area contributed by atoms with Crippen LogP contribution in [-0.4, -0.2) is 9.78 Å². The van der Waals surface area contributed by atoms with Crippen LogP contribution in [0, 0.1) is 0 Å². The molecular formula is C8H13BrCl2N2. The molecule has 0 saturated carbocycles. The van der Waals surface area contributed by atoms with Gasteiger partial charge >= 0.3 is 0 Å². The minimum absolute atomic E-state index is 0. The number of nitrogens with zero attached hydrogens (tertiary/aromatic N) is 2. The fraction of sp³-hybridized carbons (Fsp3) is 0.625. The van der Waals surface area contributed by atoms with Crippen LogP contribution in [0.4, 0.5) is 0 Å². The van der Waals surface area contributed by atoms with Gasteiger partial charge in [-0.25, -0.2) is 0 Å². The number of alkyl halides is 1. The number of rotatable bonds is 1. The summed E-state index contributed by atoms with van der Waals surface area (Å²) < 4.78 is 2.74. The maximum atomic E-state index is 5.64. The van der Waals surface area contributed by atoms with E-state index in [1.807, 2.05) is 6.20 Å². The van der Waals surface area contributed by atoms with Crippen molar-refractivity contribution in [1.29, 1.82) is 0 Å². The van der Waals surface area contributed by atoms with Gasteiger partial charge in [0.2, 0.25) is 0 Å². The van der Waals surface area contributed by atoms with Crippen LogP contribution in [0.2, 0.25) is 0 Å². The highest BCUT2D eigenvalue weighted by Gasteiger charge is 2.20. The minimum Gasteiger partial charge on any atom is -0.256 e. The Kier molecular flexibility index (Phi) is 4.77. The first kappa shape index (κ1) is 13.3. The van der Waals surface area contributed by atoms with E-state index in [1.165, 1.54) is 0 Å². The van der Waals surface area contributed by atoms with Gasteiger partial charge in [0, 0.05) is 11.6 Å². The molecule has 0 N–H and O–H groups in total. The van der Waals surface area contributed by atoms with Gasteiger partial charge in [-0.15, -0.1) is 24.0 Å². The molecule has 0 bridgehead atoms. The Morgan fingerprint density at radius 3 is 2.31 bits per heavy atom. The lowest BCUT2D eigenvalue weighted by Crippen LogP contribution is -2.13. The summed E-state index contributed by atoms with van der Waals surface area (Å²) in [6.45, 7) is 6.37. The highest BCUT2D eigenvalue weighted by molar-refractivity contribution is 9.10. The molecule has 0 spiro atoms. The summed E-state index contributed by atoms with van der Waals surface area (Å²) in [7, 11) is 0. The molecule has 0 aromatic carbocycles. The lowest BCUT2D eigenvalue weighted by atomic mass is 9.93. The van der Waals surface area contributed by atoms with E-state index in [1.54, 1.807) is 4.68 Å². The normalized spacial score (nSPS) is 11.2. The summed E-state index contributed by atoms with van der Waals surface area (Å²) in [6.07, 6.45) is 1.90. The Bertz CT molecular complexity index is 278. The summed E-state index contributed by atoms with van der Waals surface area (Å²) in [5, 5.41) is 4.34. The van der Waals surface area contributed by atoms with E-state index in [2.05, 4.69) is 41.8 Å². The Hall–Kier alpha value is 0.270. The van der Waals surface area contributed by atoms with Crippen LogP contribution in [-0.2, 0) is 11.4 Å². The van der Waals surface area contributed by atoms with Crippen molar-refractivity contribution in [1.82, 2.24) is 9.78 Å². The standard InChI is InChI=1S/C8H12BrClN2.ClH/c1-8(2,3)7-6(9)4-12(5-10)11-7;/h4H,5H2,1-3H3;1H. The van der Waals surface area contributed by atoms with E-state index < -0.39 is 0 Å². The molecule has 0 atom stereocenters. The van der Waals surface area contributed by atoms with Crippen LogP contribution in [0.3, 0.4) is 0 Å². The van der Waals surface area contributed by atoms with E-state index in [9.17, 15) is 0 Å². The second-order valence-electron chi connectivity index (χ2n) is 3.73. The van der Waals surface area contributed by atoms with Gasteiger partial charge in [0.1, 0.15) is 6.00 Å². The van der Waals surface area contributed by atoms with Crippen molar-refractivity contribution in [3.63, 3.8) is 0 Å². The maximum absolute atomic E-state index is 5.64. The van der Waals surface area contributed by atoms with Crippen LogP contribution < -0.4 is 0 Å². The molecule has 1 heterocycles. The van der Waals surface area contributed by atoms with E-state index in [4.69, 9.17) is 11.6 Å². The van der Waals surface area contributed by atoms with Crippen molar-refractivity contribution in [2.75, 3.05) is 0 Å². The molecule has 0 fully saturated rings. The van der Waals surface area contributed by atoms with E-state index in [-0.39, 0.29) is 17.8 Å². The summed E-state index contributed by atoms with van der Waals surface area (Å²) in [5.74, 6) is 0. The zero-order chi connectivity index (χ0) is 9.35. The van der Waals surface area contributed by atoms with Gasteiger partial charge in [0.15, 0.2) is 0 Å². The zero-order valence-electron chi connectivity index (χ0n) is 7.84. The zero-order valence-corrected chi connectivity index (χ0v) is 11.0. The van der Waals surface area contributed by atoms with Crippen LogP contribution in [0.5, 0.6) is 0 Å². The topological polar surface area (TPSA) is 17.8 Å². The van der Waals surface area contributed by atoms with E-state index >= 15 is 0 Å². The highest BCUT2D eigenvalue weighted by atomic mass is 79.9. The molecular weight excluding hydrogens is 275 g/mol. The number of aromatic nitrogens is 2. The molecule has 0 saturated heterocycles. The average Bonchev–Trinajstić information content (AvgIpc) is 2.29. The summed E-state index contributed by atoms with van der Waals surface area (Å²) in [6, 6.07) is 0.397. The fourth-order valence-corrected chi connectivity index (χ4v) is 2.00. The second-order valence-corrected chi connectivity index (χ2v) is 4.83.